The summed E-state index contributed by atoms with van der Waals surface area (Å²) in [6, 6.07) is 8.21. The molecule has 0 aromatic heterocycles. The molecule has 0 bridgehead atoms. The molecule has 0 spiro atoms. The third-order valence-electron chi connectivity index (χ3n) is 1.86. The maximum absolute atomic E-state index is 12.7. The quantitative estimate of drug-likeness (QED) is 0.557. The summed E-state index contributed by atoms with van der Waals surface area (Å²) in [6.45, 7) is 6.37. The van der Waals surface area contributed by atoms with Gasteiger partial charge in [0.25, 0.3) is 0 Å². The van der Waals surface area contributed by atoms with Crippen LogP contribution >= 0.6 is 7.91 Å². The first-order valence-electron chi connectivity index (χ1n) is 6.54. The van der Waals surface area contributed by atoms with Crippen LogP contribution in [0.3, 0.4) is 0 Å². The Morgan fingerprint density at radius 3 is 1.77 bits per heavy atom. The SMILES string of the molecule is CC(C)OP(=O)(F)OC(C)C.O=S(=O)(F)Cc1ccccc1. The summed E-state index contributed by atoms with van der Waals surface area (Å²) in [4.78, 5) is 0. The zero-order chi connectivity index (χ0) is 17.4. The van der Waals surface area contributed by atoms with Gasteiger partial charge >= 0.3 is 18.1 Å². The molecule has 9 heteroatoms. The Hall–Kier alpha value is -0.820. The second-order valence-corrected chi connectivity index (χ2v) is 7.56. The highest BCUT2D eigenvalue weighted by atomic mass is 32.3. The third kappa shape index (κ3) is 12.9. The zero-order valence-corrected chi connectivity index (χ0v) is 14.6. The molecule has 0 N–H and O–H groups in total. The molecule has 1 rings (SSSR count). The Bertz CT molecular complexity index is 561. The van der Waals surface area contributed by atoms with E-state index in [4.69, 9.17) is 0 Å². The van der Waals surface area contributed by atoms with Crippen molar-refractivity contribution in [2.75, 3.05) is 0 Å². The molecule has 1 aromatic carbocycles. The standard InChI is InChI=1S/C7H7FO2S.C6H14FO3P/c8-11(9,10)6-7-4-2-1-3-5-7;1-5(2)9-11(7,8)10-6(3)4/h1-5H,6H2;5-6H,1-4H3. The number of hydrogen-bond acceptors (Lipinski definition) is 5. The molecule has 0 fully saturated rings. The van der Waals surface area contributed by atoms with E-state index in [-0.39, 0.29) is 0 Å². The molecule has 0 radical (unpaired) electrons. The van der Waals surface area contributed by atoms with Crippen LogP contribution in [0.15, 0.2) is 30.3 Å². The van der Waals surface area contributed by atoms with Crippen LogP contribution in [0.1, 0.15) is 33.3 Å². The third-order valence-corrected chi connectivity index (χ3v) is 3.88. The van der Waals surface area contributed by atoms with E-state index in [9.17, 15) is 21.1 Å². The Morgan fingerprint density at radius 2 is 1.45 bits per heavy atom. The molecule has 0 amide bonds. The van der Waals surface area contributed by atoms with E-state index in [1.165, 1.54) is 0 Å². The fourth-order valence-electron chi connectivity index (χ4n) is 1.30. The second-order valence-electron chi connectivity index (χ2n) is 4.91. The lowest BCUT2D eigenvalue weighted by Gasteiger charge is -2.14. The normalized spacial score (nSPS) is 12.2. The summed E-state index contributed by atoms with van der Waals surface area (Å²) < 4.78 is 64.6. The van der Waals surface area contributed by atoms with E-state index in [1.807, 2.05) is 0 Å². The molecular weight excluding hydrogens is 337 g/mol. The lowest BCUT2D eigenvalue weighted by molar-refractivity contribution is 0.118. The highest BCUT2D eigenvalue weighted by Gasteiger charge is 2.26. The predicted molar refractivity (Wildman–Crippen MR) is 81.3 cm³/mol. The van der Waals surface area contributed by atoms with Crippen molar-refractivity contribution in [1.82, 2.24) is 0 Å². The summed E-state index contributed by atoms with van der Waals surface area (Å²) in [5.74, 6) is -0.534. The van der Waals surface area contributed by atoms with Crippen LogP contribution in [0.4, 0.5) is 8.08 Å². The average Bonchev–Trinajstić information content (AvgIpc) is 2.24. The van der Waals surface area contributed by atoms with Gasteiger partial charge in [-0.05, 0) is 33.3 Å². The van der Waals surface area contributed by atoms with Crippen molar-refractivity contribution in [3.63, 3.8) is 0 Å². The summed E-state index contributed by atoms with van der Waals surface area (Å²) >= 11 is 0. The first-order chi connectivity index (χ1) is 9.91. The first-order valence-corrected chi connectivity index (χ1v) is 9.52. The van der Waals surface area contributed by atoms with Gasteiger partial charge in [-0.3, -0.25) is 9.05 Å². The molecule has 5 nitrogen and oxygen atoms in total. The van der Waals surface area contributed by atoms with Crippen molar-refractivity contribution < 1.29 is 30.1 Å². The summed E-state index contributed by atoms with van der Waals surface area (Å²) in [5, 5.41) is 0. The summed E-state index contributed by atoms with van der Waals surface area (Å²) in [6.07, 6.45) is -0.853. The van der Waals surface area contributed by atoms with E-state index < -0.39 is 36.1 Å². The highest BCUT2D eigenvalue weighted by molar-refractivity contribution is 7.85. The fourth-order valence-corrected chi connectivity index (χ4v) is 2.95. The van der Waals surface area contributed by atoms with Crippen molar-refractivity contribution in [2.45, 2.75) is 45.7 Å². The largest absolute Gasteiger partial charge is 0.513 e. The van der Waals surface area contributed by atoms with Crippen molar-refractivity contribution in [3.8, 4) is 0 Å². The van der Waals surface area contributed by atoms with Crippen LogP contribution in [0.2, 0.25) is 0 Å². The molecule has 1 aromatic rings. The maximum Gasteiger partial charge on any atom is 0.513 e. The second kappa shape index (κ2) is 9.35. The molecule has 22 heavy (non-hydrogen) atoms. The Morgan fingerprint density at radius 1 is 1.05 bits per heavy atom. The van der Waals surface area contributed by atoms with Crippen LogP contribution in [-0.2, 0) is 29.6 Å². The predicted octanol–water partition coefficient (Wildman–Crippen LogP) is 4.40. The smallest absolute Gasteiger partial charge is 0.281 e. The van der Waals surface area contributed by atoms with E-state index in [0.29, 0.717) is 5.56 Å². The van der Waals surface area contributed by atoms with Gasteiger partial charge in [0.05, 0.1) is 12.2 Å². The number of rotatable bonds is 6. The number of halogens is 2. The van der Waals surface area contributed by atoms with Crippen molar-refractivity contribution in [3.05, 3.63) is 35.9 Å². The Kier molecular flexibility index (Phi) is 9.00. The van der Waals surface area contributed by atoms with E-state index in [2.05, 4.69) is 9.05 Å². The highest BCUT2D eigenvalue weighted by Crippen LogP contribution is 2.51. The van der Waals surface area contributed by atoms with Crippen molar-refractivity contribution in [2.24, 2.45) is 0 Å². The van der Waals surface area contributed by atoms with Gasteiger partial charge in [0.15, 0.2) is 0 Å². The van der Waals surface area contributed by atoms with Gasteiger partial charge in [0.2, 0.25) is 0 Å². The molecule has 0 aliphatic heterocycles. The molecule has 0 unspecified atom stereocenters. The molecule has 128 valence electrons. The Labute approximate surface area is 130 Å². The molecule has 0 atom stereocenters. The van der Waals surface area contributed by atoms with E-state index in [1.54, 1.807) is 58.0 Å². The molecule has 0 heterocycles. The number of benzene rings is 1. The van der Waals surface area contributed by atoms with Gasteiger partial charge in [-0.2, -0.15) is 8.42 Å². The van der Waals surface area contributed by atoms with Crippen LogP contribution in [0, 0.1) is 0 Å². The molecule has 0 aliphatic carbocycles. The number of hydrogen-bond donors (Lipinski definition) is 0. The van der Waals surface area contributed by atoms with Crippen molar-refractivity contribution >= 4 is 18.1 Å². The van der Waals surface area contributed by atoms with Crippen LogP contribution < -0.4 is 0 Å². The fraction of sp³-hybridized carbons (Fsp3) is 0.538. The molecule has 0 saturated heterocycles. The van der Waals surface area contributed by atoms with Gasteiger partial charge in [-0.25, -0.2) is 4.57 Å². The van der Waals surface area contributed by atoms with Crippen LogP contribution in [0.25, 0.3) is 0 Å². The van der Waals surface area contributed by atoms with Gasteiger partial charge in [0.1, 0.15) is 5.75 Å². The Balaban J connectivity index is 0.000000401. The topological polar surface area (TPSA) is 69.7 Å². The molecular formula is C13H21F2O5PS. The van der Waals surface area contributed by atoms with Gasteiger partial charge in [-0.15, -0.1) is 8.08 Å². The molecule has 0 saturated carbocycles. The first kappa shape index (κ1) is 21.2. The minimum atomic E-state index is -4.38. The maximum atomic E-state index is 12.7. The minimum absolute atomic E-state index is 0.426. The average molecular weight is 358 g/mol. The summed E-state index contributed by atoms with van der Waals surface area (Å²) in [7, 11) is -8.68. The van der Waals surface area contributed by atoms with Crippen LogP contribution in [0.5, 0.6) is 0 Å². The van der Waals surface area contributed by atoms with E-state index >= 15 is 0 Å². The van der Waals surface area contributed by atoms with Gasteiger partial charge < -0.3 is 0 Å². The molecule has 0 aliphatic rings. The lowest BCUT2D eigenvalue weighted by atomic mass is 10.2. The monoisotopic (exact) mass is 358 g/mol. The van der Waals surface area contributed by atoms with E-state index in [0.717, 1.165) is 0 Å². The van der Waals surface area contributed by atoms with Crippen molar-refractivity contribution in [1.29, 1.82) is 0 Å². The summed E-state index contributed by atoms with van der Waals surface area (Å²) in [5.41, 5.74) is 0.468. The van der Waals surface area contributed by atoms with Gasteiger partial charge in [-0.1, -0.05) is 30.3 Å². The minimum Gasteiger partial charge on any atom is -0.281 e. The van der Waals surface area contributed by atoms with Crippen LogP contribution in [-0.4, -0.2) is 20.6 Å². The lowest BCUT2D eigenvalue weighted by Crippen LogP contribution is -2.04. The van der Waals surface area contributed by atoms with Gasteiger partial charge in [0, 0.05) is 0 Å². The zero-order valence-electron chi connectivity index (χ0n) is 12.9.